The van der Waals surface area contributed by atoms with Crippen LogP contribution in [-0.2, 0) is 14.9 Å². The van der Waals surface area contributed by atoms with Gasteiger partial charge in [-0.25, -0.2) is 0 Å². The van der Waals surface area contributed by atoms with Crippen LogP contribution in [0.25, 0.3) is 22.3 Å². The van der Waals surface area contributed by atoms with Gasteiger partial charge in [0.1, 0.15) is 0 Å². The lowest BCUT2D eigenvalue weighted by atomic mass is 9.94. The minimum absolute atomic E-state index is 0.521. The second-order valence-electron chi connectivity index (χ2n) is 6.72. The summed E-state index contributed by atoms with van der Waals surface area (Å²) in [5, 5.41) is 11.3. The molecule has 0 radical (unpaired) electrons. The first kappa shape index (κ1) is 19.2. The maximum absolute atomic E-state index is 11.3. The molecule has 1 N–H and O–H groups in total. The van der Waals surface area contributed by atoms with Gasteiger partial charge in [0, 0.05) is 11.1 Å². The highest BCUT2D eigenvalue weighted by Gasteiger charge is 2.37. The minimum Gasteiger partial charge on any atom is -0.355 e. The molecule has 3 nitrogen and oxygen atoms in total. The van der Waals surface area contributed by atoms with Crippen molar-refractivity contribution in [1.82, 2.24) is 0 Å². The second-order valence-corrected chi connectivity index (χ2v) is 7.09. The normalized spacial score (nSPS) is 11.5. The molecule has 0 fully saturated rings. The maximum Gasteiger partial charge on any atom is 0.497 e. The first-order chi connectivity index (χ1) is 14.2. The number of hydrogen-bond acceptors (Lipinski definition) is 3. The van der Waals surface area contributed by atoms with E-state index in [4.69, 9.17) is 4.52 Å². The number of hydrogen-bond donors (Lipinski definition) is 1. The number of aliphatic hydroxyl groups is 1. The average molecular weight is 399 g/mol. The molecule has 4 heteroatoms. The van der Waals surface area contributed by atoms with Crippen molar-refractivity contribution in [2.75, 3.05) is 0 Å². The van der Waals surface area contributed by atoms with Crippen LogP contribution >= 0.6 is 8.69 Å². The van der Waals surface area contributed by atoms with E-state index in [1.807, 2.05) is 84.9 Å². The van der Waals surface area contributed by atoms with Crippen LogP contribution in [0, 0.1) is 0 Å². The van der Waals surface area contributed by atoms with Gasteiger partial charge in [0.25, 0.3) is 5.79 Å². The molecule has 0 saturated carbocycles. The molecule has 0 bridgehead atoms. The molecule has 1 unspecified atom stereocenters. The summed E-state index contributed by atoms with van der Waals surface area (Å²) in [4.78, 5) is 0. The zero-order chi connectivity index (χ0) is 20.1. The van der Waals surface area contributed by atoms with E-state index >= 15 is 0 Å². The van der Waals surface area contributed by atoms with E-state index in [9.17, 15) is 9.67 Å². The zero-order valence-electron chi connectivity index (χ0n) is 15.7. The standard InChI is InChI=1S/C25H20O3P/c26-25(28-29-27,23-15-11-21(12-16-23)19-7-3-1-4-8-19)24-17-13-22(14-18-24)20-9-5-2-6-10-20/h1-18,26,29H/q+1. The van der Waals surface area contributed by atoms with Crippen molar-refractivity contribution < 1.29 is 14.2 Å². The molecule has 0 aliphatic carbocycles. The first-order valence-corrected chi connectivity index (χ1v) is 10.1. The van der Waals surface area contributed by atoms with Crippen LogP contribution in [0.2, 0.25) is 0 Å². The van der Waals surface area contributed by atoms with Gasteiger partial charge in [0.15, 0.2) is 0 Å². The third-order valence-electron chi connectivity index (χ3n) is 4.96. The Morgan fingerprint density at radius 2 is 0.897 bits per heavy atom. The Morgan fingerprint density at radius 3 is 1.24 bits per heavy atom. The van der Waals surface area contributed by atoms with Crippen LogP contribution in [0.4, 0.5) is 0 Å². The molecule has 0 amide bonds. The summed E-state index contributed by atoms with van der Waals surface area (Å²) >= 11 is 0. The Balaban J connectivity index is 1.68. The minimum atomic E-state index is -1.79. The Bertz CT molecular complexity index is 993. The summed E-state index contributed by atoms with van der Waals surface area (Å²) in [5.41, 5.74) is 5.27. The molecule has 29 heavy (non-hydrogen) atoms. The molecular weight excluding hydrogens is 379 g/mol. The largest absolute Gasteiger partial charge is 0.497 e. The van der Waals surface area contributed by atoms with Crippen LogP contribution in [0.1, 0.15) is 11.1 Å². The molecule has 4 aromatic carbocycles. The smallest absolute Gasteiger partial charge is 0.355 e. The van der Waals surface area contributed by atoms with E-state index in [2.05, 4.69) is 0 Å². The van der Waals surface area contributed by atoms with Crippen molar-refractivity contribution in [3.05, 3.63) is 120 Å². The molecule has 0 aliphatic heterocycles. The molecule has 0 heterocycles. The number of benzene rings is 4. The average Bonchev–Trinajstić information content (AvgIpc) is 2.80. The fourth-order valence-corrected chi connectivity index (χ4v) is 3.74. The first-order valence-electron chi connectivity index (χ1n) is 9.30. The van der Waals surface area contributed by atoms with Gasteiger partial charge in [-0.15, -0.1) is 4.52 Å². The number of rotatable bonds is 6. The lowest BCUT2D eigenvalue weighted by Crippen LogP contribution is -2.27. The van der Waals surface area contributed by atoms with E-state index in [1.54, 1.807) is 24.3 Å². The summed E-state index contributed by atoms with van der Waals surface area (Å²) in [6.07, 6.45) is 0. The van der Waals surface area contributed by atoms with Crippen molar-refractivity contribution >= 4 is 8.69 Å². The van der Waals surface area contributed by atoms with Gasteiger partial charge in [-0.1, -0.05) is 109 Å². The monoisotopic (exact) mass is 399 g/mol. The van der Waals surface area contributed by atoms with Gasteiger partial charge in [-0.05, 0) is 26.8 Å². The van der Waals surface area contributed by atoms with Crippen LogP contribution in [0.3, 0.4) is 0 Å². The van der Waals surface area contributed by atoms with E-state index in [1.165, 1.54) is 0 Å². The van der Waals surface area contributed by atoms with E-state index in [-0.39, 0.29) is 0 Å². The molecule has 0 aliphatic rings. The molecule has 0 aromatic heterocycles. The summed E-state index contributed by atoms with van der Waals surface area (Å²) in [6, 6.07) is 34.9. The zero-order valence-corrected chi connectivity index (χ0v) is 16.7. The third kappa shape index (κ3) is 4.03. The van der Waals surface area contributed by atoms with E-state index in [0.717, 1.165) is 22.3 Å². The summed E-state index contributed by atoms with van der Waals surface area (Å²) in [7, 11) is -1.10. The lowest BCUT2D eigenvalue weighted by Gasteiger charge is -2.23. The van der Waals surface area contributed by atoms with Crippen molar-refractivity contribution in [2.45, 2.75) is 5.79 Å². The maximum atomic E-state index is 11.3. The van der Waals surface area contributed by atoms with Crippen LogP contribution in [0.5, 0.6) is 0 Å². The van der Waals surface area contributed by atoms with Crippen molar-refractivity contribution in [2.24, 2.45) is 0 Å². The van der Waals surface area contributed by atoms with Crippen molar-refractivity contribution in [1.29, 1.82) is 0 Å². The van der Waals surface area contributed by atoms with E-state index < -0.39 is 14.5 Å². The molecule has 4 aromatic rings. The van der Waals surface area contributed by atoms with Gasteiger partial charge in [-0.3, -0.25) is 0 Å². The highest BCUT2D eigenvalue weighted by atomic mass is 31.1. The van der Waals surface area contributed by atoms with Gasteiger partial charge in [-0.2, -0.15) is 0 Å². The Kier molecular flexibility index (Phi) is 5.64. The molecule has 0 saturated heterocycles. The molecule has 0 spiro atoms. The SMILES string of the molecule is O=[PH+]OC(O)(c1ccc(-c2ccccc2)cc1)c1ccc(-c2ccccc2)cc1. The van der Waals surface area contributed by atoms with Crippen LogP contribution < -0.4 is 0 Å². The lowest BCUT2D eigenvalue weighted by molar-refractivity contribution is -0.100. The highest BCUT2D eigenvalue weighted by molar-refractivity contribution is 7.17. The van der Waals surface area contributed by atoms with Crippen molar-refractivity contribution in [3.8, 4) is 22.3 Å². The van der Waals surface area contributed by atoms with E-state index in [0.29, 0.717) is 11.1 Å². The second kappa shape index (κ2) is 8.50. The van der Waals surface area contributed by atoms with Crippen LogP contribution in [-0.4, -0.2) is 5.11 Å². The topological polar surface area (TPSA) is 46.5 Å². The molecular formula is C25H20O3P+. The van der Waals surface area contributed by atoms with Gasteiger partial charge < -0.3 is 5.11 Å². The van der Waals surface area contributed by atoms with Crippen molar-refractivity contribution in [3.63, 3.8) is 0 Å². The van der Waals surface area contributed by atoms with Gasteiger partial charge in [0.2, 0.25) is 0 Å². The Labute approximate surface area is 171 Å². The fourth-order valence-electron chi connectivity index (χ4n) is 3.38. The predicted molar refractivity (Wildman–Crippen MR) is 117 cm³/mol. The summed E-state index contributed by atoms with van der Waals surface area (Å²) in [6.45, 7) is 0. The Morgan fingerprint density at radius 1 is 0.552 bits per heavy atom. The van der Waals surface area contributed by atoms with Gasteiger partial charge >= 0.3 is 8.69 Å². The predicted octanol–water partition coefficient (Wildman–Crippen LogP) is 6.17. The summed E-state index contributed by atoms with van der Waals surface area (Å²) < 4.78 is 16.6. The quantitative estimate of drug-likeness (QED) is 0.312. The fraction of sp³-hybridized carbons (Fsp3) is 0.0400. The molecule has 4 rings (SSSR count). The van der Waals surface area contributed by atoms with Gasteiger partial charge in [0.05, 0.1) is 0 Å². The molecule has 142 valence electrons. The highest BCUT2D eigenvalue weighted by Crippen LogP contribution is 2.36. The summed E-state index contributed by atoms with van der Waals surface area (Å²) in [5.74, 6) is -1.79. The third-order valence-corrected chi connectivity index (χ3v) is 5.33. The molecule has 1 atom stereocenters. The van der Waals surface area contributed by atoms with Crippen LogP contribution in [0.15, 0.2) is 109 Å². The Hall–Kier alpha value is -3.10.